The molecule has 0 unspecified atom stereocenters. The maximum absolute atomic E-state index is 12.8. The van der Waals surface area contributed by atoms with Crippen molar-refractivity contribution in [2.75, 3.05) is 11.4 Å². The van der Waals surface area contributed by atoms with Crippen molar-refractivity contribution in [2.24, 2.45) is 0 Å². The number of aryl methyl sites for hydroxylation is 1. The van der Waals surface area contributed by atoms with Gasteiger partial charge >= 0.3 is 5.69 Å². The first-order valence-electron chi connectivity index (χ1n) is 9.46. The quantitative estimate of drug-likeness (QED) is 0.528. The maximum Gasteiger partial charge on any atom is 0.352 e. The molecule has 4 aromatic rings. The average molecular weight is 387 g/mol. The van der Waals surface area contributed by atoms with Gasteiger partial charge in [0, 0.05) is 23.9 Å². The Morgan fingerprint density at radius 1 is 1.03 bits per heavy atom. The lowest BCUT2D eigenvalue weighted by molar-refractivity contribution is -0.119. The summed E-state index contributed by atoms with van der Waals surface area (Å²) in [7, 11) is 0. The van der Waals surface area contributed by atoms with Gasteiger partial charge in [-0.1, -0.05) is 48.5 Å². The Labute approximate surface area is 167 Å². The number of anilines is 1. The summed E-state index contributed by atoms with van der Waals surface area (Å²) >= 11 is 0. The number of fused-ring (bicyclic) bond motifs is 1. The molecule has 2 heterocycles. The van der Waals surface area contributed by atoms with Crippen LogP contribution >= 0.6 is 0 Å². The van der Waals surface area contributed by atoms with E-state index < -0.39 is 0 Å². The number of carbonyl (C=O) groups is 1. The molecule has 146 valence electrons. The van der Waals surface area contributed by atoms with E-state index in [0.717, 1.165) is 16.9 Å². The van der Waals surface area contributed by atoms with E-state index in [1.165, 1.54) is 9.08 Å². The molecule has 0 radical (unpaired) electrons. The van der Waals surface area contributed by atoms with E-state index in [1.807, 2.05) is 67.6 Å². The van der Waals surface area contributed by atoms with Gasteiger partial charge in [0.25, 0.3) is 0 Å². The van der Waals surface area contributed by atoms with E-state index in [9.17, 15) is 9.59 Å². The van der Waals surface area contributed by atoms with Gasteiger partial charge < -0.3 is 4.90 Å². The zero-order valence-electron chi connectivity index (χ0n) is 16.3. The second kappa shape index (κ2) is 7.71. The number of hydrogen-bond acceptors (Lipinski definition) is 4. The Balaban J connectivity index is 1.70. The molecule has 2 aromatic heterocycles. The van der Waals surface area contributed by atoms with E-state index in [4.69, 9.17) is 0 Å². The van der Waals surface area contributed by atoms with Crippen LogP contribution in [0.25, 0.3) is 16.9 Å². The fraction of sp³-hybridized carbons (Fsp3) is 0.182. The van der Waals surface area contributed by atoms with Crippen molar-refractivity contribution in [3.63, 3.8) is 0 Å². The monoisotopic (exact) mass is 387 g/mol. The minimum Gasteiger partial charge on any atom is -0.311 e. The smallest absolute Gasteiger partial charge is 0.311 e. The third-order valence-electron chi connectivity index (χ3n) is 4.78. The number of benzene rings is 2. The van der Waals surface area contributed by atoms with Gasteiger partial charge in [-0.2, -0.15) is 0 Å². The second-order valence-electron chi connectivity index (χ2n) is 6.66. The van der Waals surface area contributed by atoms with E-state index in [0.29, 0.717) is 18.0 Å². The highest BCUT2D eigenvalue weighted by Crippen LogP contribution is 2.18. The van der Waals surface area contributed by atoms with Gasteiger partial charge in [0.1, 0.15) is 12.4 Å². The highest BCUT2D eigenvalue weighted by molar-refractivity contribution is 5.93. The predicted octanol–water partition coefficient (Wildman–Crippen LogP) is 2.92. The van der Waals surface area contributed by atoms with Crippen molar-refractivity contribution >= 4 is 17.2 Å². The standard InChI is InChI=1S/C22H21N5O2/c1-3-25(18-12-8-5-9-13-18)21(28)15-26-22(29)27-16(2)23-19(14-20(27)24-26)17-10-6-4-7-11-17/h4-14H,3,15H2,1-2H3. The molecule has 0 fully saturated rings. The summed E-state index contributed by atoms with van der Waals surface area (Å²) in [6.45, 7) is 4.03. The first kappa shape index (κ1) is 18.6. The van der Waals surface area contributed by atoms with Gasteiger partial charge in [-0.05, 0) is 26.0 Å². The van der Waals surface area contributed by atoms with Gasteiger partial charge in [-0.3, -0.25) is 4.79 Å². The van der Waals surface area contributed by atoms with Crippen molar-refractivity contribution < 1.29 is 4.79 Å². The minimum atomic E-state index is -0.373. The lowest BCUT2D eigenvalue weighted by Gasteiger charge is -2.20. The van der Waals surface area contributed by atoms with Crippen LogP contribution in [0.3, 0.4) is 0 Å². The lowest BCUT2D eigenvalue weighted by atomic mass is 10.1. The van der Waals surface area contributed by atoms with Gasteiger partial charge in [0.15, 0.2) is 5.65 Å². The topological polar surface area (TPSA) is 72.5 Å². The van der Waals surface area contributed by atoms with Crippen molar-refractivity contribution in [3.05, 3.63) is 83.0 Å². The largest absolute Gasteiger partial charge is 0.352 e. The van der Waals surface area contributed by atoms with Crippen LogP contribution in [-0.4, -0.2) is 31.6 Å². The van der Waals surface area contributed by atoms with E-state index >= 15 is 0 Å². The normalized spacial score (nSPS) is 11.0. The fourth-order valence-corrected chi connectivity index (χ4v) is 3.39. The SMILES string of the molecule is CCN(C(=O)Cn1nc2cc(-c3ccccc3)nc(C)n2c1=O)c1ccccc1. The van der Waals surface area contributed by atoms with Crippen molar-refractivity contribution in [1.82, 2.24) is 19.2 Å². The van der Waals surface area contributed by atoms with Crippen LogP contribution in [0.15, 0.2) is 71.5 Å². The number of likely N-dealkylation sites (N-methyl/N-ethyl adjacent to an activating group) is 1. The fourth-order valence-electron chi connectivity index (χ4n) is 3.39. The molecule has 0 aliphatic heterocycles. The molecule has 0 N–H and O–H groups in total. The Bertz CT molecular complexity index is 1210. The van der Waals surface area contributed by atoms with Crippen molar-refractivity contribution in [1.29, 1.82) is 0 Å². The van der Waals surface area contributed by atoms with E-state index in [1.54, 1.807) is 17.9 Å². The zero-order valence-corrected chi connectivity index (χ0v) is 16.3. The molecule has 7 heteroatoms. The van der Waals surface area contributed by atoms with Crippen LogP contribution < -0.4 is 10.6 Å². The first-order valence-corrected chi connectivity index (χ1v) is 9.46. The van der Waals surface area contributed by atoms with Gasteiger partial charge in [0.05, 0.1) is 5.69 Å². The summed E-state index contributed by atoms with van der Waals surface area (Å²) in [4.78, 5) is 31.9. The van der Waals surface area contributed by atoms with Crippen LogP contribution in [0.2, 0.25) is 0 Å². The summed E-state index contributed by atoms with van der Waals surface area (Å²) in [5.41, 5.74) is 2.57. The van der Waals surface area contributed by atoms with E-state index in [-0.39, 0.29) is 18.1 Å². The summed E-state index contributed by atoms with van der Waals surface area (Å²) in [5.74, 6) is 0.332. The molecule has 29 heavy (non-hydrogen) atoms. The van der Waals surface area contributed by atoms with Crippen LogP contribution in [0, 0.1) is 6.92 Å². The number of carbonyl (C=O) groups excluding carboxylic acids is 1. The van der Waals surface area contributed by atoms with Crippen LogP contribution in [0.5, 0.6) is 0 Å². The zero-order chi connectivity index (χ0) is 20.4. The maximum atomic E-state index is 12.8. The third-order valence-corrected chi connectivity index (χ3v) is 4.78. The number of nitrogens with zero attached hydrogens (tertiary/aromatic N) is 5. The predicted molar refractivity (Wildman–Crippen MR) is 112 cm³/mol. The Kier molecular flexibility index (Phi) is 4.95. The molecule has 0 aliphatic rings. The number of rotatable bonds is 5. The molecule has 4 rings (SSSR count). The van der Waals surface area contributed by atoms with Crippen molar-refractivity contribution in [2.45, 2.75) is 20.4 Å². The van der Waals surface area contributed by atoms with Gasteiger partial charge in [-0.15, -0.1) is 5.10 Å². The highest BCUT2D eigenvalue weighted by atomic mass is 16.2. The molecule has 0 saturated heterocycles. The second-order valence-corrected chi connectivity index (χ2v) is 6.66. The van der Waals surface area contributed by atoms with Crippen LogP contribution in [0.1, 0.15) is 12.7 Å². The molecular formula is C22H21N5O2. The van der Waals surface area contributed by atoms with Crippen LogP contribution in [0.4, 0.5) is 5.69 Å². The summed E-state index contributed by atoms with van der Waals surface area (Å²) in [6, 6.07) is 20.9. The molecule has 0 saturated carbocycles. The first-order chi connectivity index (χ1) is 14.1. The molecule has 0 atom stereocenters. The minimum absolute atomic E-state index is 0.136. The molecule has 0 aliphatic carbocycles. The Morgan fingerprint density at radius 2 is 1.69 bits per heavy atom. The van der Waals surface area contributed by atoms with Crippen molar-refractivity contribution in [3.8, 4) is 11.3 Å². The van der Waals surface area contributed by atoms with Gasteiger partial charge in [0.2, 0.25) is 5.91 Å². The average Bonchev–Trinajstić information content (AvgIpc) is 3.05. The molecule has 0 spiro atoms. The summed E-state index contributed by atoms with van der Waals surface area (Å²) in [6.07, 6.45) is 0. The van der Waals surface area contributed by atoms with Crippen LogP contribution in [-0.2, 0) is 11.3 Å². The molecular weight excluding hydrogens is 366 g/mol. The molecule has 7 nitrogen and oxygen atoms in total. The lowest BCUT2D eigenvalue weighted by Crippen LogP contribution is -2.36. The third kappa shape index (κ3) is 3.54. The molecule has 0 bridgehead atoms. The summed E-state index contributed by atoms with van der Waals surface area (Å²) < 4.78 is 2.63. The number of para-hydroxylation sites is 1. The Hall–Kier alpha value is -3.74. The van der Waals surface area contributed by atoms with Gasteiger partial charge in [-0.25, -0.2) is 18.9 Å². The summed E-state index contributed by atoms with van der Waals surface area (Å²) in [5, 5.41) is 4.39. The highest BCUT2D eigenvalue weighted by Gasteiger charge is 2.18. The van der Waals surface area contributed by atoms with E-state index in [2.05, 4.69) is 10.1 Å². The molecule has 2 aromatic carbocycles. The molecule has 1 amide bonds. The number of amides is 1. The number of hydrogen-bond donors (Lipinski definition) is 0. The Morgan fingerprint density at radius 3 is 2.34 bits per heavy atom. The number of aromatic nitrogens is 4.